The molecule has 0 fully saturated rings. The molecule has 0 aromatic heterocycles. The average molecular weight is 564 g/mol. The maximum absolute atomic E-state index is 12.4. The molecule has 0 bridgehead atoms. The van der Waals surface area contributed by atoms with Gasteiger partial charge in [0.05, 0.1) is 25.1 Å². The van der Waals surface area contributed by atoms with Gasteiger partial charge in [0.1, 0.15) is 6.10 Å². The van der Waals surface area contributed by atoms with E-state index in [1.807, 2.05) is 40.4 Å². The van der Waals surface area contributed by atoms with E-state index in [2.05, 4.69) is 33.3 Å². The molecule has 0 amide bonds. The number of rotatable bonds is 4. The third-order valence-electron chi connectivity index (χ3n) is 3.34. The van der Waals surface area contributed by atoms with E-state index in [0.717, 1.165) is 5.57 Å². The van der Waals surface area contributed by atoms with Crippen LogP contribution in [0, 0.1) is 33.3 Å². The molecule has 0 aromatic carbocycles. The topological polar surface area (TPSA) is 161 Å². The van der Waals surface area contributed by atoms with Gasteiger partial charge in [-0.05, 0) is 32.5 Å². The van der Waals surface area contributed by atoms with Crippen molar-refractivity contribution < 1.29 is 68.1 Å². The standard InChI is InChI=1S/C16H25O5P.5CO.Mo/c1-8-21-12-10(2)9-22(16(3,4)5)13(15(18)20-7)11(12)14(17)19-6;5*1-2;/h9,12H,8H2,1-7H3;;;;;;. The van der Waals surface area contributed by atoms with Crippen LogP contribution in [0.1, 0.15) is 34.6 Å². The predicted octanol–water partition coefficient (Wildman–Crippen LogP) is 3.00. The Morgan fingerprint density at radius 2 is 1.27 bits per heavy atom. The molecule has 0 saturated carbocycles. The zero-order valence-electron chi connectivity index (χ0n) is 19.3. The smallest absolute Gasteiger partial charge is 0 e. The predicted molar refractivity (Wildman–Crippen MR) is 107 cm³/mol. The minimum Gasteiger partial charge on any atom is 0 e. The molecule has 180 valence electrons. The molecule has 1 aliphatic heterocycles. The summed E-state index contributed by atoms with van der Waals surface area (Å²) in [6.07, 6.45) is -0.562. The van der Waals surface area contributed by atoms with Crippen LogP contribution in [-0.2, 0) is 68.1 Å². The van der Waals surface area contributed by atoms with Crippen LogP contribution >= 0.6 is 7.92 Å². The Kier molecular flexibility index (Phi) is 38.3. The number of esters is 2. The quantitative estimate of drug-likeness (QED) is 0.168. The van der Waals surface area contributed by atoms with Crippen LogP contribution in [0.2, 0.25) is 0 Å². The van der Waals surface area contributed by atoms with E-state index in [1.54, 1.807) is 0 Å². The van der Waals surface area contributed by atoms with Gasteiger partial charge in [0.15, 0.2) is 0 Å². The number of hydrogen-bond donors (Lipinski definition) is 0. The van der Waals surface area contributed by atoms with E-state index >= 15 is 0 Å². The fourth-order valence-corrected chi connectivity index (χ4v) is 4.83. The molecule has 0 radical (unpaired) electrons. The largest absolute Gasteiger partial charge is 0 e. The van der Waals surface area contributed by atoms with Crippen molar-refractivity contribution in [2.24, 2.45) is 0 Å². The van der Waals surface area contributed by atoms with Crippen molar-refractivity contribution in [1.29, 1.82) is 0 Å². The molecule has 2 atom stereocenters. The molecule has 0 spiro atoms. The molecule has 1 rings (SSSR count). The first-order valence-corrected chi connectivity index (χ1v) is 9.62. The maximum Gasteiger partial charge on any atom is 0 e. The molecule has 2 unspecified atom stereocenters. The minimum atomic E-state index is -1.01. The molecular formula is C21H25MoO10P. The van der Waals surface area contributed by atoms with Crippen LogP contribution in [0.3, 0.4) is 0 Å². The first kappa shape index (κ1) is 44.8. The fourth-order valence-electron chi connectivity index (χ4n) is 2.35. The second kappa shape index (κ2) is 28.2. The van der Waals surface area contributed by atoms with Crippen molar-refractivity contribution in [2.75, 3.05) is 20.8 Å². The first-order chi connectivity index (χ1) is 15.2. The number of hydrogen-bond acceptors (Lipinski definition) is 5. The van der Waals surface area contributed by atoms with Crippen LogP contribution < -0.4 is 0 Å². The van der Waals surface area contributed by atoms with Gasteiger partial charge in [-0.25, -0.2) is 9.59 Å². The summed E-state index contributed by atoms with van der Waals surface area (Å²) >= 11 is 0. The molecule has 0 N–H and O–H groups in total. The van der Waals surface area contributed by atoms with Crippen molar-refractivity contribution in [3.05, 3.63) is 55.5 Å². The summed E-state index contributed by atoms with van der Waals surface area (Å²) in [6.45, 7) is 32.8. The zero-order chi connectivity index (χ0) is 27.1. The fraction of sp³-hybridized carbons (Fsp3) is 0.476. The molecule has 33 heavy (non-hydrogen) atoms. The van der Waals surface area contributed by atoms with Crippen LogP contribution in [0.15, 0.2) is 22.3 Å². The Hall–Kier alpha value is -1.80. The van der Waals surface area contributed by atoms with Crippen LogP contribution in [0.5, 0.6) is 0 Å². The third kappa shape index (κ3) is 15.6. The summed E-state index contributed by atoms with van der Waals surface area (Å²) in [4.78, 5) is 24.7. The van der Waals surface area contributed by atoms with Crippen LogP contribution in [-0.4, -0.2) is 44.0 Å². The summed E-state index contributed by atoms with van der Waals surface area (Å²) in [5, 5.41) is 0.206. The summed E-state index contributed by atoms with van der Waals surface area (Å²) < 4.78 is 53.0. The van der Waals surface area contributed by atoms with Gasteiger partial charge < -0.3 is 14.2 Å². The molecular weight excluding hydrogens is 539 g/mol. The van der Waals surface area contributed by atoms with Crippen molar-refractivity contribution in [1.82, 2.24) is 0 Å². The Morgan fingerprint density at radius 1 is 0.909 bits per heavy atom. The number of methoxy groups -OCH3 is 2. The molecule has 0 saturated heterocycles. The molecule has 0 aromatic rings. The van der Waals surface area contributed by atoms with Gasteiger partial charge >= 0.3 is 68.5 Å². The Labute approximate surface area is 210 Å². The van der Waals surface area contributed by atoms with Gasteiger partial charge in [-0.3, -0.25) is 0 Å². The van der Waals surface area contributed by atoms with Gasteiger partial charge in [0.25, 0.3) is 0 Å². The molecule has 1 aliphatic rings. The Balaban J connectivity index is -0.000000146. The summed E-state index contributed by atoms with van der Waals surface area (Å²) in [5.74, 6) is 1.02. The zero-order valence-corrected chi connectivity index (χ0v) is 22.2. The second-order valence-corrected chi connectivity index (χ2v) is 8.78. The van der Waals surface area contributed by atoms with Crippen molar-refractivity contribution in [3.63, 3.8) is 0 Å². The van der Waals surface area contributed by atoms with E-state index in [1.165, 1.54) is 14.2 Å². The van der Waals surface area contributed by atoms with Crippen molar-refractivity contribution >= 4 is 19.9 Å². The van der Waals surface area contributed by atoms with E-state index in [0.29, 0.717) is 11.9 Å². The molecule has 1 heterocycles. The van der Waals surface area contributed by atoms with E-state index < -0.39 is 26.0 Å². The maximum atomic E-state index is 12.4. The number of carbonyl (C=O) groups excluding carboxylic acids is 2. The third-order valence-corrected chi connectivity index (χ3v) is 6.36. The molecule has 10 nitrogen and oxygen atoms in total. The van der Waals surface area contributed by atoms with E-state index in [4.69, 9.17) is 37.5 Å². The number of carbonyl (C=O) groups is 2. The summed E-state index contributed by atoms with van der Waals surface area (Å²) in [6, 6.07) is 0. The van der Waals surface area contributed by atoms with E-state index in [9.17, 15) is 9.59 Å². The van der Waals surface area contributed by atoms with Gasteiger partial charge in [-0.1, -0.05) is 26.6 Å². The number of ether oxygens (including phenoxy) is 3. The normalized spacial score (nSPS) is 15.1. The SMILES string of the molecule is CCOC1C(C)=CP(C(C)(C)C)C(C(=O)OC)=C1C(=O)OC.[C-]#[O+].[C-]#[O+].[C-]#[O+].[C-]#[O+].[C-]#[O+].[Mo]. The van der Waals surface area contributed by atoms with Crippen molar-refractivity contribution in [2.45, 2.75) is 45.9 Å². The molecule has 0 aliphatic carbocycles. The Morgan fingerprint density at radius 3 is 1.55 bits per heavy atom. The van der Waals surface area contributed by atoms with Crippen LogP contribution in [0.25, 0.3) is 0 Å². The van der Waals surface area contributed by atoms with Gasteiger partial charge in [0.2, 0.25) is 0 Å². The average Bonchev–Trinajstić information content (AvgIpc) is 2.84. The summed E-state index contributed by atoms with van der Waals surface area (Å²) in [7, 11) is 1.61. The minimum absolute atomic E-state index is 0. The van der Waals surface area contributed by atoms with E-state index in [-0.39, 0.29) is 31.8 Å². The van der Waals surface area contributed by atoms with Gasteiger partial charge in [-0.2, -0.15) is 0 Å². The Bertz CT molecular complexity index is 689. The summed E-state index contributed by atoms with van der Waals surface area (Å²) in [5.41, 5.74) is 1.20. The second-order valence-electron chi connectivity index (χ2n) is 5.99. The van der Waals surface area contributed by atoms with Crippen LogP contribution in [0.4, 0.5) is 0 Å². The monoisotopic (exact) mass is 566 g/mol. The van der Waals surface area contributed by atoms with Gasteiger partial charge in [-0.15, -0.1) is 0 Å². The first-order valence-electron chi connectivity index (χ1n) is 8.21. The molecule has 12 heteroatoms. The van der Waals surface area contributed by atoms with Gasteiger partial charge in [0, 0.05) is 27.7 Å². The van der Waals surface area contributed by atoms with Crippen molar-refractivity contribution in [3.8, 4) is 0 Å².